The van der Waals surface area contributed by atoms with Gasteiger partial charge >= 0.3 is 0 Å². The molecule has 0 spiro atoms. The third-order valence-electron chi connectivity index (χ3n) is 3.91. The first-order valence-electron chi connectivity index (χ1n) is 6.23. The van der Waals surface area contributed by atoms with Gasteiger partial charge in [-0.05, 0) is 36.0 Å². The lowest BCUT2D eigenvalue weighted by atomic mass is 9.97. The first kappa shape index (κ1) is 11.2. The summed E-state index contributed by atoms with van der Waals surface area (Å²) in [5.41, 5.74) is 3.59. The number of imide groups is 1. The standard InChI is InChI=1S/C15H15NO2/c1-9-4-3-5-11-8-10(2)15(14(9)11)16-12(17)6-7-13(16)18/h3-7,10,15H,8H2,1-2H3/t10-,15-/m0/s1. The molecule has 1 heterocycles. The molecule has 1 aliphatic carbocycles. The van der Waals surface area contributed by atoms with E-state index in [1.807, 2.05) is 19.1 Å². The second-order valence-electron chi connectivity index (χ2n) is 5.15. The number of fused-ring (bicyclic) bond motifs is 1. The highest BCUT2D eigenvalue weighted by Crippen LogP contribution is 2.42. The van der Waals surface area contributed by atoms with Gasteiger partial charge in [-0.3, -0.25) is 14.5 Å². The van der Waals surface area contributed by atoms with Crippen molar-refractivity contribution in [2.45, 2.75) is 26.3 Å². The predicted molar refractivity (Wildman–Crippen MR) is 67.8 cm³/mol. The van der Waals surface area contributed by atoms with E-state index in [-0.39, 0.29) is 23.8 Å². The van der Waals surface area contributed by atoms with Crippen LogP contribution in [0.4, 0.5) is 0 Å². The zero-order valence-corrected chi connectivity index (χ0v) is 10.5. The zero-order chi connectivity index (χ0) is 12.9. The van der Waals surface area contributed by atoms with Gasteiger partial charge in [0.1, 0.15) is 0 Å². The number of carbonyl (C=O) groups is 2. The van der Waals surface area contributed by atoms with Crippen molar-refractivity contribution >= 4 is 11.8 Å². The summed E-state index contributed by atoms with van der Waals surface area (Å²) in [7, 11) is 0. The highest BCUT2D eigenvalue weighted by molar-refractivity contribution is 6.13. The van der Waals surface area contributed by atoms with Crippen LogP contribution >= 0.6 is 0 Å². The first-order chi connectivity index (χ1) is 8.59. The molecular formula is C15H15NO2. The molecule has 0 bridgehead atoms. The van der Waals surface area contributed by atoms with Gasteiger partial charge in [-0.1, -0.05) is 25.1 Å². The van der Waals surface area contributed by atoms with Crippen molar-refractivity contribution in [3.05, 3.63) is 47.0 Å². The van der Waals surface area contributed by atoms with Crippen LogP contribution in [0.3, 0.4) is 0 Å². The van der Waals surface area contributed by atoms with E-state index in [9.17, 15) is 9.59 Å². The molecule has 0 N–H and O–H groups in total. The number of benzene rings is 1. The maximum Gasteiger partial charge on any atom is 0.254 e. The van der Waals surface area contributed by atoms with Gasteiger partial charge in [0.05, 0.1) is 6.04 Å². The summed E-state index contributed by atoms with van der Waals surface area (Å²) < 4.78 is 0. The van der Waals surface area contributed by atoms with E-state index in [1.165, 1.54) is 22.6 Å². The summed E-state index contributed by atoms with van der Waals surface area (Å²) >= 11 is 0. The van der Waals surface area contributed by atoms with Crippen molar-refractivity contribution in [1.29, 1.82) is 0 Å². The summed E-state index contributed by atoms with van der Waals surface area (Å²) in [6.45, 7) is 4.14. The smallest absolute Gasteiger partial charge is 0.254 e. The molecular weight excluding hydrogens is 226 g/mol. The number of hydrogen-bond donors (Lipinski definition) is 0. The molecule has 1 aliphatic heterocycles. The lowest BCUT2D eigenvalue weighted by Crippen LogP contribution is -2.36. The minimum absolute atomic E-state index is 0.101. The second kappa shape index (κ2) is 3.80. The molecule has 2 atom stereocenters. The normalized spacial score (nSPS) is 26.0. The van der Waals surface area contributed by atoms with Crippen LogP contribution < -0.4 is 0 Å². The summed E-state index contributed by atoms with van der Waals surface area (Å²) in [5.74, 6) is -0.0881. The van der Waals surface area contributed by atoms with Crippen LogP contribution in [-0.2, 0) is 16.0 Å². The molecule has 0 saturated heterocycles. The van der Waals surface area contributed by atoms with Crippen LogP contribution in [0.1, 0.15) is 29.7 Å². The van der Waals surface area contributed by atoms with Crippen molar-refractivity contribution in [3.63, 3.8) is 0 Å². The fraction of sp³-hybridized carbons (Fsp3) is 0.333. The number of hydrogen-bond acceptors (Lipinski definition) is 2. The van der Waals surface area contributed by atoms with Crippen molar-refractivity contribution < 1.29 is 9.59 Å². The minimum Gasteiger partial charge on any atom is -0.269 e. The molecule has 3 rings (SSSR count). The predicted octanol–water partition coefficient (Wildman–Crippen LogP) is 2.15. The van der Waals surface area contributed by atoms with Crippen LogP contribution in [0.25, 0.3) is 0 Å². The number of nitrogens with zero attached hydrogens (tertiary/aromatic N) is 1. The van der Waals surface area contributed by atoms with E-state index in [0.29, 0.717) is 0 Å². The number of carbonyl (C=O) groups excluding carboxylic acids is 2. The fourth-order valence-corrected chi connectivity index (χ4v) is 3.16. The molecule has 3 heteroatoms. The van der Waals surface area contributed by atoms with Crippen LogP contribution in [0, 0.1) is 12.8 Å². The third kappa shape index (κ3) is 1.43. The second-order valence-corrected chi connectivity index (χ2v) is 5.15. The molecule has 1 aromatic carbocycles. The third-order valence-corrected chi connectivity index (χ3v) is 3.91. The van der Waals surface area contributed by atoms with Gasteiger partial charge < -0.3 is 0 Å². The van der Waals surface area contributed by atoms with Gasteiger partial charge in [-0.15, -0.1) is 0 Å². The van der Waals surface area contributed by atoms with Crippen LogP contribution in [0.5, 0.6) is 0 Å². The summed E-state index contributed by atoms with van der Waals surface area (Å²) in [5, 5.41) is 0. The van der Waals surface area contributed by atoms with Crippen LogP contribution in [-0.4, -0.2) is 16.7 Å². The Morgan fingerprint density at radius 1 is 1.17 bits per heavy atom. The largest absolute Gasteiger partial charge is 0.269 e. The average molecular weight is 241 g/mol. The summed E-state index contributed by atoms with van der Waals surface area (Å²) in [6.07, 6.45) is 3.66. The Kier molecular flexibility index (Phi) is 2.37. The maximum absolute atomic E-state index is 11.9. The Morgan fingerprint density at radius 3 is 2.50 bits per heavy atom. The van der Waals surface area contributed by atoms with E-state index >= 15 is 0 Å². The Hall–Kier alpha value is -1.90. The number of amides is 2. The van der Waals surface area contributed by atoms with Crippen molar-refractivity contribution in [1.82, 2.24) is 4.90 Å². The Bertz CT molecular complexity index is 556. The van der Waals surface area contributed by atoms with Crippen molar-refractivity contribution in [2.75, 3.05) is 0 Å². The van der Waals surface area contributed by atoms with Crippen LogP contribution in [0.2, 0.25) is 0 Å². The van der Waals surface area contributed by atoms with E-state index in [2.05, 4.69) is 13.0 Å². The molecule has 0 aromatic heterocycles. The van der Waals surface area contributed by atoms with Gasteiger partial charge in [0.25, 0.3) is 11.8 Å². The first-order valence-corrected chi connectivity index (χ1v) is 6.23. The number of aryl methyl sites for hydroxylation is 1. The van der Waals surface area contributed by atoms with Gasteiger partial charge in [-0.2, -0.15) is 0 Å². The topological polar surface area (TPSA) is 37.4 Å². The maximum atomic E-state index is 11.9. The van der Waals surface area contributed by atoms with E-state index < -0.39 is 0 Å². The van der Waals surface area contributed by atoms with Gasteiger partial charge in [0, 0.05) is 12.2 Å². The molecule has 0 radical (unpaired) electrons. The fourth-order valence-electron chi connectivity index (χ4n) is 3.16. The van der Waals surface area contributed by atoms with Gasteiger partial charge in [0.2, 0.25) is 0 Å². The molecule has 92 valence electrons. The Morgan fingerprint density at radius 2 is 1.83 bits per heavy atom. The van der Waals surface area contributed by atoms with Gasteiger partial charge in [-0.25, -0.2) is 0 Å². The van der Waals surface area contributed by atoms with Crippen molar-refractivity contribution in [3.8, 4) is 0 Å². The minimum atomic E-state index is -0.187. The highest BCUT2D eigenvalue weighted by Gasteiger charge is 2.40. The van der Waals surface area contributed by atoms with E-state index in [4.69, 9.17) is 0 Å². The lowest BCUT2D eigenvalue weighted by molar-refractivity contribution is -0.140. The molecule has 0 saturated carbocycles. The Labute approximate surface area is 106 Å². The van der Waals surface area contributed by atoms with E-state index in [1.54, 1.807) is 0 Å². The molecule has 2 aliphatic rings. The molecule has 2 amide bonds. The SMILES string of the molecule is Cc1cccc2c1[C@@H](N1C(=O)C=CC1=O)[C@@H](C)C2. The summed E-state index contributed by atoms with van der Waals surface area (Å²) in [6, 6.07) is 6.07. The van der Waals surface area contributed by atoms with Gasteiger partial charge in [0.15, 0.2) is 0 Å². The monoisotopic (exact) mass is 241 g/mol. The molecule has 18 heavy (non-hydrogen) atoms. The zero-order valence-electron chi connectivity index (χ0n) is 10.5. The van der Waals surface area contributed by atoms with E-state index in [0.717, 1.165) is 17.5 Å². The molecule has 0 fully saturated rings. The Balaban J connectivity index is 2.10. The average Bonchev–Trinajstić information content (AvgIpc) is 2.80. The molecule has 3 nitrogen and oxygen atoms in total. The molecule has 0 unspecified atom stereocenters. The van der Waals surface area contributed by atoms with Crippen molar-refractivity contribution in [2.24, 2.45) is 5.92 Å². The summed E-state index contributed by atoms with van der Waals surface area (Å²) in [4.78, 5) is 25.1. The molecule has 1 aromatic rings. The lowest BCUT2D eigenvalue weighted by Gasteiger charge is -2.27. The van der Waals surface area contributed by atoms with Crippen LogP contribution in [0.15, 0.2) is 30.4 Å². The highest BCUT2D eigenvalue weighted by atomic mass is 16.2. The quantitative estimate of drug-likeness (QED) is 0.706. The number of rotatable bonds is 1.